The number of hydrogen-bond donors (Lipinski definition) is 2. The molecular weight excluding hydrogens is 307 g/mol. The summed E-state index contributed by atoms with van der Waals surface area (Å²) in [5.41, 5.74) is 5.72. The number of rotatable bonds is 4. The largest absolute Gasteiger partial charge is 0.326 e. The SMILES string of the molecule is CC1(NS(=O)(=O)c2cc(CN)c(Cl)cc2Cl)CCC1. The summed E-state index contributed by atoms with van der Waals surface area (Å²) in [5.74, 6) is 0. The van der Waals surface area contributed by atoms with Gasteiger partial charge in [0.1, 0.15) is 4.90 Å². The van der Waals surface area contributed by atoms with Gasteiger partial charge in [-0.15, -0.1) is 0 Å². The Morgan fingerprint density at radius 3 is 2.42 bits per heavy atom. The van der Waals surface area contributed by atoms with Gasteiger partial charge in [-0.1, -0.05) is 23.2 Å². The Bertz CT molecular complexity index is 598. The van der Waals surface area contributed by atoms with Gasteiger partial charge in [0, 0.05) is 17.1 Å². The highest BCUT2D eigenvalue weighted by molar-refractivity contribution is 7.89. The zero-order valence-corrected chi connectivity index (χ0v) is 12.9. The molecule has 19 heavy (non-hydrogen) atoms. The van der Waals surface area contributed by atoms with Crippen LogP contribution < -0.4 is 10.5 Å². The van der Waals surface area contributed by atoms with Crippen molar-refractivity contribution in [2.75, 3.05) is 0 Å². The quantitative estimate of drug-likeness (QED) is 0.895. The third-order valence-corrected chi connectivity index (χ3v) is 5.90. The molecule has 3 N–H and O–H groups in total. The highest BCUT2D eigenvalue weighted by Gasteiger charge is 2.36. The fraction of sp³-hybridized carbons (Fsp3) is 0.500. The third kappa shape index (κ3) is 3.06. The topological polar surface area (TPSA) is 72.2 Å². The molecule has 0 radical (unpaired) electrons. The molecule has 0 bridgehead atoms. The van der Waals surface area contributed by atoms with E-state index in [0.29, 0.717) is 10.6 Å². The van der Waals surface area contributed by atoms with Crippen molar-refractivity contribution in [2.45, 2.75) is 43.2 Å². The van der Waals surface area contributed by atoms with Crippen LogP contribution in [0.3, 0.4) is 0 Å². The van der Waals surface area contributed by atoms with Crippen molar-refractivity contribution < 1.29 is 8.42 Å². The van der Waals surface area contributed by atoms with Gasteiger partial charge in [-0.05, 0) is 43.9 Å². The van der Waals surface area contributed by atoms with E-state index in [4.69, 9.17) is 28.9 Å². The van der Waals surface area contributed by atoms with Crippen LogP contribution in [0.4, 0.5) is 0 Å². The summed E-state index contributed by atoms with van der Waals surface area (Å²) in [7, 11) is -3.65. The van der Waals surface area contributed by atoms with Gasteiger partial charge < -0.3 is 5.73 Å². The van der Waals surface area contributed by atoms with Gasteiger partial charge in [0.25, 0.3) is 0 Å². The van der Waals surface area contributed by atoms with Crippen molar-refractivity contribution in [2.24, 2.45) is 5.73 Å². The Morgan fingerprint density at radius 2 is 1.95 bits per heavy atom. The molecule has 0 saturated heterocycles. The molecule has 0 amide bonds. The van der Waals surface area contributed by atoms with Crippen LogP contribution in [0.25, 0.3) is 0 Å². The van der Waals surface area contributed by atoms with Crippen molar-refractivity contribution in [3.63, 3.8) is 0 Å². The minimum atomic E-state index is -3.65. The van der Waals surface area contributed by atoms with Crippen LogP contribution in [0.1, 0.15) is 31.7 Å². The summed E-state index contributed by atoms with van der Waals surface area (Å²) in [6, 6.07) is 2.86. The van der Waals surface area contributed by atoms with E-state index < -0.39 is 10.0 Å². The fourth-order valence-corrected chi connectivity index (χ4v) is 4.46. The van der Waals surface area contributed by atoms with E-state index in [9.17, 15) is 8.42 Å². The first kappa shape index (κ1) is 15.1. The first-order chi connectivity index (χ1) is 8.77. The summed E-state index contributed by atoms with van der Waals surface area (Å²) in [6.07, 6.45) is 2.70. The number of sulfonamides is 1. The van der Waals surface area contributed by atoms with Crippen molar-refractivity contribution in [3.8, 4) is 0 Å². The van der Waals surface area contributed by atoms with E-state index in [1.54, 1.807) is 0 Å². The van der Waals surface area contributed by atoms with E-state index in [1.807, 2.05) is 6.92 Å². The lowest BCUT2D eigenvalue weighted by Crippen LogP contribution is -2.50. The average molecular weight is 323 g/mol. The molecule has 2 rings (SSSR count). The van der Waals surface area contributed by atoms with Crippen LogP contribution in [-0.2, 0) is 16.6 Å². The zero-order chi connectivity index (χ0) is 14.3. The molecule has 1 fully saturated rings. The maximum Gasteiger partial charge on any atom is 0.242 e. The van der Waals surface area contributed by atoms with Crippen molar-refractivity contribution in [3.05, 3.63) is 27.7 Å². The van der Waals surface area contributed by atoms with Crippen LogP contribution in [-0.4, -0.2) is 14.0 Å². The molecule has 1 aromatic rings. The predicted octanol–water partition coefficient (Wildman–Crippen LogP) is 2.67. The Morgan fingerprint density at radius 1 is 1.32 bits per heavy atom. The van der Waals surface area contributed by atoms with E-state index in [-0.39, 0.29) is 22.0 Å². The minimum Gasteiger partial charge on any atom is -0.326 e. The van der Waals surface area contributed by atoms with E-state index in [1.165, 1.54) is 12.1 Å². The molecule has 0 atom stereocenters. The summed E-state index contributed by atoms with van der Waals surface area (Å²) in [4.78, 5) is 0.0344. The van der Waals surface area contributed by atoms with Crippen molar-refractivity contribution >= 4 is 33.2 Å². The van der Waals surface area contributed by atoms with Crippen LogP contribution in [0.5, 0.6) is 0 Å². The Balaban J connectivity index is 2.39. The number of nitrogens with one attached hydrogen (secondary N) is 1. The van der Waals surface area contributed by atoms with Gasteiger partial charge in [-0.3, -0.25) is 0 Å². The first-order valence-corrected chi connectivity index (χ1v) is 8.23. The van der Waals surface area contributed by atoms with Gasteiger partial charge in [0.2, 0.25) is 10.0 Å². The van der Waals surface area contributed by atoms with Gasteiger partial charge >= 0.3 is 0 Å². The summed E-state index contributed by atoms with van der Waals surface area (Å²) in [5, 5.41) is 0.485. The van der Waals surface area contributed by atoms with Gasteiger partial charge in [0.05, 0.1) is 5.02 Å². The number of benzene rings is 1. The van der Waals surface area contributed by atoms with E-state index in [2.05, 4.69) is 4.72 Å². The summed E-state index contributed by atoms with van der Waals surface area (Å²) < 4.78 is 27.4. The van der Waals surface area contributed by atoms with Gasteiger partial charge in [-0.2, -0.15) is 0 Å². The lowest BCUT2D eigenvalue weighted by molar-refractivity contribution is 0.248. The highest BCUT2D eigenvalue weighted by atomic mass is 35.5. The lowest BCUT2D eigenvalue weighted by atomic mass is 9.80. The van der Waals surface area contributed by atoms with E-state index in [0.717, 1.165) is 19.3 Å². The fourth-order valence-electron chi connectivity index (χ4n) is 2.12. The molecule has 1 aliphatic carbocycles. The van der Waals surface area contributed by atoms with Crippen LogP contribution in [0.15, 0.2) is 17.0 Å². The third-order valence-electron chi connectivity index (χ3n) is 3.45. The smallest absolute Gasteiger partial charge is 0.242 e. The monoisotopic (exact) mass is 322 g/mol. The summed E-state index contributed by atoms with van der Waals surface area (Å²) >= 11 is 11.9. The molecule has 0 spiro atoms. The highest BCUT2D eigenvalue weighted by Crippen LogP contribution is 2.34. The second kappa shape index (κ2) is 5.22. The predicted molar refractivity (Wildman–Crippen MR) is 76.9 cm³/mol. The zero-order valence-electron chi connectivity index (χ0n) is 10.5. The number of nitrogens with two attached hydrogens (primary N) is 1. The normalized spacial score (nSPS) is 18.1. The molecule has 7 heteroatoms. The lowest BCUT2D eigenvalue weighted by Gasteiger charge is -2.38. The number of halogens is 2. The van der Waals surface area contributed by atoms with Crippen LogP contribution in [0, 0.1) is 0 Å². The molecular formula is C12H16Cl2N2O2S. The molecule has 0 heterocycles. The second-order valence-corrected chi connectivity index (χ2v) is 7.56. The average Bonchev–Trinajstić information content (AvgIpc) is 2.26. The standard InChI is InChI=1S/C12H16Cl2N2O2S/c1-12(3-2-4-12)16-19(17,18)11-5-8(7-15)9(13)6-10(11)14/h5-6,16H,2-4,7,15H2,1H3. The Labute approximate surface area is 123 Å². The first-order valence-electron chi connectivity index (χ1n) is 5.99. The van der Waals surface area contributed by atoms with Crippen LogP contribution >= 0.6 is 23.2 Å². The van der Waals surface area contributed by atoms with E-state index >= 15 is 0 Å². The molecule has 106 valence electrons. The molecule has 4 nitrogen and oxygen atoms in total. The maximum atomic E-state index is 12.4. The minimum absolute atomic E-state index is 0.0344. The van der Waals surface area contributed by atoms with Gasteiger partial charge in [0.15, 0.2) is 0 Å². The number of hydrogen-bond acceptors (Lipinski definition) is 3. The molecule has 0 aliphatic heterocycles. The molecule has 1 saturated carbocycles. The summed E-state index contributed by atoms with van der Waals surface area (Å²) in [6.45, 7) is 2.05. The van der Waals surface area contributed by atoms with Crippen LogP contribution in [0.2, 0.25) is 10.0 Å². The maximum absolute atomic E-state index is 12.4. The molecule has 0 unspecified atom stereocenters. The molecule has 1 aliphatic rings. The van der Waals surface area contributed by atoms with Crippen molar-refractivity contribution in [1.82, 2.24) is 4.72 Å². The Kier molecular flexibility index (Phi) is 4.14. The second-order valence-electron chi connectivity index (χ2n) is 5.10. The molecule has 1 aromatic carbocycles. The Hall–Kier alpha value is -0.330. The van der Waals surface area contributed by atoms with Gasteiger partial charge in [-0.25, -0.2) is 13.1 Å². The molecule has 0 aromatic heterocycles. The van der Waals surface area contributed by atoms with Crippen molar-refractivity contribution in [1.29, 1.82) is 0 Å².